The van der Waals surface area contributed by atoms with Gasteiger partial charge in [0.15, 0.2) is 0 Å². The molecule has 0 aliphatic carbocycles. The molecule has 0 radical (unpaired) electrons. The minimum atomic E-state index is 0. The Kier molecular flexibility index (Phi) is 7.92. The summed E-state index contributed by atoms with van der Waals surface area (Å²) < 4.78 is 0. The lowest BCUT2D eigenvalue weighted by Gasteiger charge is -2.29. The molecule has 1 aliphatic rings. The maximum absolute atomic E-state index is 11.4. The number of halogens is 1. The van der Waals surface area contributed by atoms with Crippen LogP contribution in [0.2, 0.25) is 0 Å². The van der Waals surface area contributed by atoms with Gasteiger partial charge in [-0.3, -0.25) is 4.79 Å². The molecule has 0 aromatic heterocycles. The molecule has 5 heteroatoms. The lowest BCUT2D eigenvalue weighted by atomic mass is 9.95. The van der Waals surface area contributed by atoms with Crippen LogP contribution in [0.5, 0.6) is 0 Å². The Bertz CT molecular complexity index is 223. The van der Waals surface area contributed by atoms with Crippen LogP contribution in [0.15, 0.2) is 11.5 Å². The smallest absolute Gasteiger partial charge is 0.244 e. The number of piperidine rings is 1. The van der Waals surface area contributed by atoms with Gasteiger partial charge in [-0.25, -0.2) is 0 Å². The normalized spacial score (nSPS) is 26.0. The third kappa shape index (κ3) is 5.44. The van der Waals surface area contributed by atoms with Gasteiger partial charge in [-0.1, -0.05) is 6.92 Å². The molecule has 1 heterocycles. The summed E-state index contributed by atoms with van der Waals surface area (Å²) in [6, 6.07) is 0.280. The summed E-state index contributed by atoms with van der Waals surface area (Å²) in [7, 11) is 0. The van der Waals surface area contributed by atoms with E-state index in [1.54, 1.807) is 11.5 Å². The Morgan fingerprint density at radius 1 is 1.60 bits per heavy atom. The van der Waals surface area contributed by atoms with E-state index in [4.69, 9.17) is 0 Å². The second-order valence-electron chi connectivity index (χ2n) is 3.62. The van der Waals surface area contributed by atoms with Crippen LogP contribution in [0.1, 0.15) is 13.3 Å². The standard InChI is InChI=1S/C10H18N2OS.ClH/c1-8-3-5-11-7-9(8)12-10(13)4-6-14-2;/h4,6,8-9,11H,3,5,7H2,1-2H3,(H,12,13);1H/b6-4+;. The Balaban J connectivity index is 0.00000196. The summed E-state index contributed by atoms with van der Waals surface area (Å²) in [6.07, 6.45) is 4.66. The van der Waals surface area contributed by atoms with E-state index in [1.165, 1.54) is 11.8 Å². The van der Waals surface area contributed by atoms with Crippen molar-refractivity contribution in [3.63, 3.8) is 0 Å². The lowest BCUT2D eigenvalue weighted by molar-refractivity contribution is -0.117. The van der Waals surface area contributed by atoms with Crippen molar-refractivity contribution in [2.45, 2.75) is 19.4 Å². The molecule has 0 aromatic carbocycles. The lowest BCUT2D eigenvalue weighted by Crippen LogP contribution is -2.49. The first-order valence-corrected chi connectivity index (χ1v) is 6.23. The highest BCUT2D eigenvalue weighted by molar-refractivity contribution is 8.01. The first kappa shape index (κ1) is 14.8. The van der Waals surface area contributed by atoms with Gasteiger partial charge in [0.25, 0.3) is 0 Å². The summed E-state index contributed by atoms with van der Waals surface area (Å²) in [5, 5.41) is 8.09. The summed E-state index contributed by atoms with van der Waals surface area (Å²) in [5.74, 6) is 0.586. The van der Waals surface area contributed by atoms with Crippen LogP contribution in [0.25, 0.3) is 0 Å². The molecular formula is C10H19ClN2OS. The Morgan fingerprint density at radius 3 is 2.93 bits per heavy atom. The summed E-state index contributed by atoms with van der Waals surface area (Å²) in [5.41, 5.74) is 0. The van der Waals surface area contributed by atoms with E-state index in [0.717, 1.165) is 19.5 Å². The van der Waals surface area contributed by atoms with E-state index < -0.39 is 0 Å². The van der Waals surface area contributed by atoms with E-state index >= 15 is 0 Å². The summed E-state index contributed by atoms with van der Waals surface area (Å²) in [4.78, 5) is 11.4. The average Bonchev–Trinajstić information content (AvgIpc) is 2.18. The molecule has 1 fully saturated rings. The Morgan fingerprint density at radius 2 is 2.33 bits per heavy atom. The van der Waals surface area contributed by atoms with Crippen molar-refractivity contribution < 1.29 is 4.79 Å². The number of hydrogen-bond donors (Lipinski definition) is 2. The van der Waals surface area contributed by atoms with Crippen molar-refractivity contribution >= 4 is 30.1 Å². The van der Waals surface area contributed by atoms with Gasteiger partial charge in [0.2, 0.25) is 5.91 Å². The van der Waals surface area contributed by atoms with Crippen molar-refractivity contribution in [2.24, 2.45) is 5.92 Å². The molecule has 2 N–H and O–H groups in total. The molecule has 2 atom stereocenters. The van der Waals surface area contributed by atoms with Gasteiger partial charge in [0.05, 0.1) is 0 Å². The van der Waals surface area contributed by atoms with Crippen LogP contribution in [0.4, 0.5) is 0 Å². The fourth-order valence-corrected chi connectivity index (χ4v) is 1.80. The van der Waals surface area contributed by atoms with E-state index in [9.17, 15) is 4.79 Å². The molecule has 3 nitrogen and oxygen atoms in total. The van der Waals surface area contributed by atoms with Crippen LogP contribution in [0, 0.1) is 5.92 Å². The summed E-state index contributed by atoms with van der Waals surface area (Å²) >= 11 is 1.54. The molecule has 88 valence electrons. The average molecular weight is 251 g/mol. The molecule has 1 saturated heterocycles. The molecule has 0 spiro atoms. The highest BCUT2D eigenvalue weighted by atomic mass is 35.5. The van der Waals surface area contributed by atoms with Crippen LogP contribution in [0.3, 0.4) is 0 Å². The van der Waals surface area contributed by atoms with Crippen molar-refractivity contribution in [1.82, 2.24) is 10.6 Å². The number of hydrogen-bond acceptors (Lipinski definition) is 3. The highest BCUT2D eigenvalue weighted by Gasteiger charge is 2.21. The fourth-order valence-electron chi connectivity index (χ4n) is 1.54. The van der Waals surface area contributed by atoms with Gasteiger partial charge in [-0.15, -0.1) is 24.2 Å². The van der Waals surface area contributed by atoms with Crippen molar-refractivity contribution in [2.75, 3.05) is 19.3 Å². The maximum atomic E-state index is 11.4. The monoisotopic (exact) mass is 250 g/mol. The topological polar surface area (TPSA) is 41.1 Å². The largest absolute Gasteiger partial charge is 0.348 e. The zero-order valence-electron chi connectivity index (χ0n) is 9.16. The first-order chi connectivity index (χ1) is 6.74. The number of rotatable bonds is 3. The Labute approximate surface area is 102 Å². The molecule has 0 aromatic rings. The van der Waals surface area contributed by atoms with E-state index in [0.29, 0.717) is 5.92 Å². The second-order valence-corrected chi connectivity index (χ2v) is 4.37. The van der Waals surface area contributed by atoms with Crippen molar-refractivity contribution in [1.29, 1.82) is 0 Å². The highest BCUT2D eigenvalue weighted by Crippen LogP contribution is 2.10. The van der Waals surface area contributed by atoms with E-state index in [1.807, 2.05) is 6.26 Å². The minimum absolute atomic E-state index is 0. The maximum Gasteiger partial charge on any atom is 0.244 e. The quantitative estimate of drug-likeness (QED) is 0.744. The zero-order chi connectivity index (χ0) is 10.4. The van der Waals surface area contributed by atoms with Crippen LogP contribution >= 0.6 is 24.2 Å². The predicted molar refractivity (Wildman–Crippen MR) is 68.5 cm³/mol. The molecular weight excluding hydrogens is 232 g/mol. The SMILES string of the molecule is CS/C=C/C(=O)NC1CNCCC1C.Cl. The number of amides is 1. The number of carbonyl (C=O) groups excluding carboxylic acids is 1. The number of nitrogens with one attached hydrogen (secondary N) is 2. The molecule has 15 heavy (non-hydrogen) atoms. The van der Waals surface area contributed by atoms with Crippen molar-refractivity contribution in [3.05, 3.63) is 11.5 Å². The van der Waals surface area contributed by atoms with Crippen LogP contribution in [-0.4, -0.2) is 31.3 Å². The third-order valence-electron chi connectivity index (χ3n) is 2.51. The van der Waals surface area contributed by atoms with Gasteiger partial charge in [0.1, 0.15) is 0 Å². The second kappa shape index (κ2) is 8.02. The Hall–Kier alpha value is -0.190. The predicted octanol–water partition coefficient (Wildman–Crippen LogP) is 1.40. The molecule has 1 rings (SSSR count). The molecule has 1 aliphatic heterocycles. The number of thioether (sulfide) groups is 1. The number of carbonyl (C=O) groups is 1. The van der Waals surface area contributed by atoms with Gasteiger partial charge in [-0.05, 0) is 30.5 Å². The van der Waals surface area contributed by atoms with Gasteiger partial charge >= 0.3 is 0 Å². The zero-order valence-corrected chi connectivity index (χ0v) is 10.8. The van der Waals surface area contributed by atoms with E-state index in [-0.39, 0.29) is 24.4 Å². The molecule has 2 unspecified atom stereocenters. The van der Waals surface area contributed by atoms with Crippen molar-refractivity contribution in [3.8, 4) is 0 Å². The molecule has 0 saturated carbocycles. The minimum Gasteiger partial charge on any atom is -0.348 e. The van der Waals surface area contributed by atoms with Crippen LogP contribution < -0.4 is 10.6 Å². The molecule has 1 amide bonds. The fraction of sp³-hybridized carbons (Fsp3) is 0.700. The molecule has 0 bridgehead atoms. The van der Waals surface area contributed by atoms with Gasteiger partial charge in [-0.2, -0.15) is 0 Å². The third-order valence-corrected chi connectivity index (χ3v) is 2.92. The van der Waals surface area contributed by atoms with Gasteiger partial charge < -0.3 is 10.6 Å². The van der Waals surface area contributed by atoms with Gasteiger partial charge in [0, 0.05) is 18.7 Å². The summed E-state index contributed by atoms with van der Waals surface area (Å²) in [6.45, 7) is 4.14. The first-order valence-electron chi connectivity index (χ1n) is 4.94. The van der Waals surface area contributed by atoms with Crippen LogP contribution in [-0.2, 0) is 4.79 Å². The van der Waals surface area contributed by atoms with E-state index in [2.05, 4.69) is 17.6 Å².